The molecule has 9 heteroatoms. The number of benzene rings is 1. The molecule has 1 fully saturated rings. The molecule has 0 aliphatic carbocycles. The number of aryl methyl sites for hydroxylation is 1. The molecule has 1 aromatic heterocycles. The van der Waals surface area contributed by atoms with Gasteiger partial charge in [0.05, 0.1) is 6.61 Å². The highest BCUT2D eigenvalue weighted by atomic mass is 35.5. The number of nitrogens with zero attached hydrogens (tertiary/aromatic N) is 3. The summed E-state index contributed by atoms with van der Waals surface area (Å²) in [5.74, 6) is -0.124. The van der Waals surface area contributed by atoms with Gasteiger partial charge in [0.1, 0.15) is 12.4 Å². The van der Waals surface area contributed by atoms with Crippen molar-refractivity contribution >= 4 is 35.8 Å². The zero-order valence-corrected chi connectivity index (χ0v) is 14.2. The minimum Gasteiger partial charge on any atom is -0.366 e. The van der Waals surface area contributed by atoms with Crippen LogP contribution >= 0.6 is 24.2 Å². The third kappa shape index (κ3) is 4.68. The van der Waals surface area contributed by atoms with E-state index in [0.717, 1.165) is 22.3 Å². The van der Waals surface area contributed by atoms with E-state index in [1.165, 1.54) is 11.8 Å². The molecule has 1 aromatic carbocycles. The summed E-state index contributed by atoms with van der Waals surface area (Å²) in [5.41, 5.74) is 0.751. The molecule has 1 atom stereocenters. The molecule has 124 valence electrons. The average Bonchev–Trinajstić information content (AvgIpc) is 2.95. The maximum atomic E-state index is 12.1. The second-order valence-electron chi connectivity index (χ2n) is 4.90. The molecule has 1 amide bonds. The minimum absolute atomic E-state index is 0. The zero-order valence-electron chi connectivity index (χ0n) is 12.6. The van der Waals surface area contributed by atoms with Crippen molar-refractivity contribution in [2.24, 2.45) is 7.05 Å². The molecule has 3 rings (SSSR count). The fourth-order valence-electron chi connectivity index (χ4n) is 2.03. The molecule has 23 heavy (non-hydrogen) atoms. The highest BCUT2D eigenvalue weighted by molar-refractivity contribution is 7.99. The molecular formula is C14H18ClN5O2S. The SMILES string of the molecule is Cl.Cn1cnnc1Sc1ccc(NC(=O)C2CNCCO2)cc1. The van der Waals surface area contributed by atoms with Gasteiger partial charge >= 0.3 is 0 Å². The van der Waals surface area contributed by atoms with E-state index in [0.29, 0.717) is 13.2 Å². The molecule has 1 unspecified atom stereocenters. The fourth-order valence-corrected chi connectivity index (χ4v) is 2.80. The molecule has 1 aliphatic rings. The number of nitrogens with one attached hydrogen (secondary N) is 2. The van der Waals surface area contributed by atoms with Crippen LogP contribution in [0.5, 0.6) is 0 Å². The van der Waals surface area contributed by atoms with Gasteiger partial charge in [-0.25, -0.2) is 0 Å². The van der Waals surface area contributed by atoms with Crippen molar-refractivity contribution < 1.29 is 9.53 Å². The van der Waals surface area contributed by atoms with Gasteiger partial charge in [0.15, 0.2) is 5.16 Å². The van der Waals surface area contributed by atoms with Crippen molar-refractivity contribution in [2.45, 2.75) is 16.2 Å². The molecule has 1 saturated heterocycles. The first-order chi connectivity index (χ1) is 10.7. The Kier molecular flexibility index (Phi) is 6.40. The van der Waals surface area contributed by atoms with Crippen LogP contribution in [-0.4, -0.2) is 46.5 Å². The van der Waals surface area contributed by atoms with Crippen molar-refractivity contribution in [3.8, 4) is 0 Å². The summed E-state index contributed by atoms with van der Waals surface area (Å²) in [4.78, 5) is 13.1. The maximum Gasteiger partial charge on any atom is 0.254 e. The average molecular weight is 356 g/mol. The van der Waals surface area contributed by atoms with Gasteiger partial charge in [-0.2, -0.15) is 0 Å². The Labute approximate surface area is 144 Å². The van der Waals surface area contributed by atoms with Gasteiger partial charge in [-0.1, -0.05) is 0 Å². The van der Waals surface area contributed by atoms with E-state index in [4.69, 9.17) is 4.74 Å². The third-order valence-corrected chi connectivity index (χ3v) is 4.28. The van der Waals surface area contributed by atoms with Gasteiger partial charge in [0.2, 0.25) is 0 Å². The first-order valence-electron chi connectivity index (χ1n) is 6.97. The van der Waals surface area contributed by atoms with Gasteiger partial charge in [-0.15, -0.1) is 22.6 Å². The van der Waals surface area contributed by atoms with Crippen LogP contribution in [0.25, 0.3) is 0 Å². The molecule has 2 heterocycles. The lowest BCUT2D eigenvalue weighted by Crippen LogP contribution is -2.45. The fraction of sp³-hybridized carbons (Fsp3) is 0.357. The second kappa shape index (κ2) is 8.30. The lowest BCUT2D eigenvalue weighted by molar-refractivity contribution is -0.128. The Morgan fingerprint density at radius 3 is 2.83 bits per heavy atom. The number of rotatable bonds is 4. The summed E-state index contributed by atoms with van der Waals surface area (Å²) in [6.45, 7) is 1.90. The number of hydrogen-bond acceptors (Lipinski definition) is 6. The summed E-state index contributed by atoms with van der Waals surface area (Å²) in [6, 6.07) is 7.61. The summed E-state index contributed by atoms with van der Waals surface area (Å²) < 4.78 is 7.28. The Bertz CT molecular complexity index is 643. The predicted octanol–water partition coefficient (Wildman–Crippen LogP) is 1.31. The number of morpholine rings is 1. The standard InChI is InChI=1S/C14H17N5O2S.ClH/c1-19-9-16-18-14(19)22-11-4-2-10(3-5-11)17-13(20)12-8-15-6-7-21-12;/h2-5,9,12,15H,6-8H2,1H3,(H,17,20);1H. The molecular weight excluding hydrogens is 338 g/mol. The number of carbonyl (C=O) groups excluding carboxylic acids is 1. The quantitative estimate of drug-likeness (QED) is 0.860. The Morgan fingerprint density at radius 1 is 1.43 bits per heavy atom. The van der Waals surface area contributed by atoms with Crippen LogP contribution in [0.15, 0.2) is 40.6 Å². The zero-order chi connectivity index (χ0) is 15.4. The monoisotopic (exact) mass is 355 g/mol. The highest BCUT2D eigenvalue weighted by Gasteiger charge is 2.21. The second-order valence-corrected chi connectivity index (χ2v) is 5.94. The van der Waals surface area contributed by atoms with E-state index in [2.05, 4.69) is 20.8 Å². The number of ether oxygens (including phenoxy) is 1. The number of halogens is 1. The van der Waals surface area contributed by atoms with E-state index in [1.54, 1.807) is 6.33 Å². The van der Waals surface area contributed by atoms with E-state index < -0.39 is 6.10 Å². The van der Waals surface area contributed by atoms with E-state index in [1.807, 2.05) is 35.9 Å². The van der Waals surface area contributed by atoms with Crippen molar-refractivity contribution in [2.75, 3.05) is 25.0 Å². The third-order valence-electron chi connectivity index (χ3n) is 3.22. The van der Waals surface area contributed by atoms with Crippen molar-refractivity contribution in [3.05, 3.63) is 30.6 Å². The van der Waals surface area contributed by atoms with E-state index in [9.17, 15) is 4.79 Å². The molecule has 0 bridgehead atoms. The number of aromatic nitrogens is 3. The smallest absolute Gasteiger partial charge is 0.254 e. The van der Waals surface area contributed by atoms with Crippen LogP contribution in [-0.2, 0) is 16.6 Å². The summed E-state index contributed by atoms with van der Waals surface area (Å²) in [6.07, 6.45) is 1.23. The van der Waals surface area contributed by atoms with Crippen LogP contribution in [0.4, 0.5) is 5.69 Å². The van der Waals surface area contributed by atoms with Gasteiger partial charge in [0.25, 0.3) is 5.91 Å². The molecule has 7 nitrogen and oxygen atoms in total. The summed E-state index contributed by atoms with van der Waals surface area (Å²) >= 11 is 1.52. The lowest BCUT2D eigenvalue weighted by Gasteiger charge is -2.22. The maximum absolute atomic E-state index is 12.1. The summed E-state index contributed by atoms with van der Waals surface area (Å²) in [5, 5.41) is 14.7. The van der Waals surface area contributed by atoms with Crippen molar-refractivity contribution in [1.29, 1.82) is 0 Å². The van der Waals surface area contributed by atoms with Crippen molar-refractivity contribution in [1.82, 2.24) is 20.1 Å². The largest absolute Gasteiger partial charge is 0.366 e. The first kappa shape index (κ1) is 17.7. The Hall–Kier alpha value is -1.61. The van der Waals surface area contributed by atoms with Crippen LogP contribution in [0.3, 0.4) is 0 Å². The van der Waals surface area contributed by atoms with Crippen LogP contribution < -0.4 is 10.6 Å². The van der Waals surface area contributed by atoms with E-state index in [-0.39, 0.29) is 18.3 Å². The molecule has 2 aromatic rings. The normalized spacial score (nSPS) is 17.3. The topological polar surface area (TPSA) is 81.1 Å². The highest BCUT2D eigenvalue weighted by Crippen LogP contribution is 2.26. The van der Waals surface area contributed by atoms with Crippen LogP contribution in [0.2, 0.25) is 0 Å². The lowest BCUT2D eigenvalue weighted by atomic mass is 10.2. The van der Waals surface area contributed by atoms with Crippen LogP contribution in [0, 0.1) is 0 Å². The Balaban J connectivity index is 0.00000192. The molecule has 0 saturated carbocycles. The summed E-state index contributed by atoms with van der Waals surface area (Å²) in [7, 11) is 1.90. The van der Waals surface area contributed by atoms with Crippen LogP contribution in [0.1, 0.15) is 0 Å². The van der Waals surface area contributed by atoms with Gasteiger partial charge in [0, 0.05) is 30.7 Å². The molecule has 1 aliphatic heterocycles. The predicted molar refractivity (Wildman–Crippen MR) is 90.1 cm³/mol. The molecule has 0 radical (unpaired) electrons. The van der Waals surface area contributed by atoms with Gasteiger partial charge in [-0.05, 0) is 36.0 Å². The number of anilines is 1. The molecule has 2 N–H and O–H groups in total. The first-order valence-corrected chi connectivity index (χ1v) is 7.79. The number of hydrogen-bond donors (Lipinski definition) is 2. The minimum atomic E-state index is -0.429. The van der Waals surface area contributed by atoms with Gasteiger partial charge < -0.3 is 19.9 Å². The van der Waals surface area contributed by atoms with E-state index >= 15 is 0 Å². The molecule has 0 spiro atoms. The van der Waals surface area contributed by atoms with Crippen molar-refractivity contribution in [3.63, 3.8) is 0 Å². The Morgan fingerprint density at radius 2 is 2.22 bits per heavy atom. The van der Waals surface area contributed by atoms with Gasteiger partial charge in [-0.3, -0.25) is 4.79 Å². The number of carbonyl (C=O) groups is 1. The number of amides is 1.